The van der Waals surface area contributed by atoms with Crippen LogP contribution in [0.5, 0.6) is 0 Å². The van der Waals surface area contributed by atoms with Gasteiger partial charge in [0, 0.05) is 0 Å². The van der Waals surface area contributed by atoms with Crippen molar-refractivity contribution < 1.29 is 0 Å². The summed E-state index contributed by atoms with van der Waals surface area (Å²) in [6, 6.07) is 4.07. The molecule has 0 saturated carbocycles. The maximum absolute atomic E-state index is 4.32. The molecule has 0 aliphatic rings. The molecule has 15 heavy (non-hydrogen) atoms. The van der Waals surface area contributed by atoms with Crippen molar-refractivity contribution in [1.82, 2.24) is 4.98 Å². The van der Waals surface area contributed by atoms with Crippen molar-refractivity contribution in [2.75, 3.05) is 0 Å². The van der Waals surface area contributed by atoms with Gasteiger partial charge in [0.2, 0.25) is 0 Å². The fourth-order valence-electron chi connectivity index (χ4n) is 1.35. The second-order valence-electron chi connectivity index (χ2n) is 3.45. The van der Waals surface area contributed by atoms with E-state index in [-0.39, 0.29) is 0 Å². The summed E-state index contributed by atoms with van der Waals surface area (Å²) < 4.78 is 0. The normalized spacial score (nSPS) is 10.1. The molecule has 0 aliphatic heterocycles. The number of aromatic nitrogens is 1. The van der Waals surface area contributed by atoms with Gasteiger partial charge in [0.25, 0.3) is 0 Å². The van der Waals surface area contributed by atoms with Gasteiger partial charge in [0.1, 0.15) is 0 Å². The first-order chi connectivity index (χ1) is 7.24. The van der Waals surface area contributed by atoms with Crippen LogP contribution in [-0.4, -0.2) is 17.4 Å². The molecule has 1 aromatic heterocycles. The van der Waals surface area contributed by atoms with Crippen molar-refractivity contribution in [3.63, 3.8) is 0 Å². The van der Waals surface area contributed by atoms with E-state index in [0.717, 1.165) is 12.0 Å². The molecule has 0 amide bonds. The van der Waals surface area contributed by atoms with E-state index in [9.17, 15) is 0 Å². The molecule has 0 fully saturated rings. The molecule has 1 heterocycles. The Hall–Kier alpha value is -0.915. The van der Waals surface area contributed by atoms with E-state index in [1.807, 2.05) is 26.1 Å². The van der Waals surface area contributed by atoms with Crippen molar-refractivity contribution in [2.24, 2.45) is 0 Å². The van der Waals surface area contributed by atoms with E-state index in [4.69, 9.17) is 0 Å². The van der Waals surface area contributed by atoms with E-state index < -0.39 is 0 Å². The minimum absolute atomic E-state index is 1.11. The molecule has 0 aromatic carbocycles. The Labute approximate surface area is 94.9 Å². The molecule has 0 radical (unpaired) electrons. The zero-order chi connectivity index (χ0) is 11.7. The molecule has 0 saturated heterocycles. The molecule has 0 atom stereocenters. The summed E-state index contributed by atoms with van der Waals surface area (Å²) >= 11 is 0. The monoisotopic (exact) mass is 203 g/mol. The Balaban J connectivity index is 0.000000921. The Morgan fingerprint density at radius 1 is 1.40 bits per heavy atom. The molecule has 2 heteroatoms. The van der Waals surface area contributed by atoms with Crippen LogP contribution in [0.4, 0.5) is 0 Å². The zero-order valence-corrected chi connectivity index (χ0v) is 10.7. The molecule has 0 aliphatic carbocycles. The Kier molecular flexibility index (Phi) is 7.89. The summed E-state index contributed by atoms with van der Waals surface area (Å²) in [5.41, 5.74) is 3.76. The fraction of sp³-hybridized carbons (Fsp3) is 0.538. The van der Waals surface area contributed by atoms with Gasteiger partial charge >= 0.3 is 80.5 Å². The molecule has 0 unspecified atom stereocenters. The van der Waals surface area contributed by atoms with Crippen molar-refractivity contribution in [1.29, 1.82) is 0 Å². The first kappa shape index (κ1) is 14.1. The van der Waals surface area contributed by atoms with E-state index in [1.165, 1.54) is 17.4 Å². The van der Waals surface area contributed by atoms with Crippen molar-refractivity contribution in [3.05, 3.63) is 23.9 Å². The summed E-state index contributed by atoms with van der Waals surface area (Å²) in [7, 11) is 0. The molecule has 0 bridgehead atoms. The molecular weight excluding hydrogens is 181 g/mol. The van der Waals surface area contributed by atoms with Crippen LogP contribution >= 0.6 is 0 Å². The molecule has 0 spiro atoms. The predicted octanol–water partition coefficient (Wildman–Crippen LogP) is 2.74. The number of nitrogens with zero attached hydrogens (tertiary/aromatic N) is 1. The van der Waals surface area contributed by atoms with Crippen LogP contribution in [0.2, 0.25) is 0 Å². The summed E-state index contributed by atoms with van der Waals surface area (Å²) in [5.74, 6) is 0. The zero-order valence-electron chi connectivity index (χ0n) is 10.7. The van der Waals surface area contributed by atoms with E-state index >= 15 is 0 Å². The second kappa shape index (κ2) is 8.40. The summed E-state index contributed by atoms with van der Waals surface area (Å²) in [6.45, 7) is 12.6. The maximum atomic E-state index is 4.32. The minimum atomic E-state index is 1.11. The summed E-state index contributed by atoms with van der Waals surface area (Å²) in [4.78, 5) is 4.32. The average Bonchev–Trinajstić information content (AvgIpc) is 2.25. The molecule has 1 aromatic rings. The third-order valence-corrected chi connectivity index (χ3v) is 2.08. The Morgan fingerprint density at radius 3 is 2.60 bits per heavy atom. The van der Waals surface area contributed by atoms with Gasteiger partial charge < -0.3 is 0 Å². The quantitative estimate of drug-likeness (QED) is 0.688. The first-order valence-electron chi connectivity index (χ1n) is 5.83. The average molecular weight is 203 g/mol. The van der Waals surface area contributed by atoms with Crippen LogP contribution in [0.1, 0.15) is 46.1 Å². The van der Waals surface area contributed by atoms with Gasteiger partial charge in [-0.3, -0.25) is 0 Å². The van der Waals surface area contributed by atoms with Gasteiger partial charge in [-0.25, -0.2) is 0 Å². The third-order valence-electron chi connectivity index (χ3n) is 2.08. The molecule has 0 N–H and O–H groups in total. The second-order valence-corrected chi connectivity index (χ2v) is 3.45. The Bertz CT molecular complexity index is 305. The third kappa shape index (κ3) is 5.51. The van der Waals surface area contributed by atoms with Crippen molar-refractivity contribution in [2.45, 2.75) is 47.5 Å². The number of hydrogen-bond donors (Lipinski definition) is 0. The number of aryl methyl sites for hydroxylation is 1. The van der Waals surface area contributed by atoms with E-state index in [1.54, 1.807) is 0 Å². The van der Waals surface area contributed by atoms with Crippen molar-refractivity contribution in [3.8, 4) is 0 Å². The number of hydrogen-bond acceptors (Lipinski definition) is 1. The number of rotatable bonds is 3. The first-order valence-corrected chi connectivity index (χ1v) is 5.83. The molecular formula is C13H22BN. The molecule has 82 valence electrons. The SMILES string of the molecule is CC.CCCC(C)=Bc1ncccc1C. The van der Waals surface area contributed by atoms with Crippen LogP contribution < -0.4 is 5.59 Å². The van der Waals surface area contributed by atoms with E-state index in [0.29, 0.717) is 0 Å². The van der Waals surface area contributed by atoms with Crippen LogP contribution in [0.25, 0.3) is 0 Å². The van der Waals surface area contributed by atoms with Gasteiger partial charge in [0.05, 0.1) is 0 Å². The van der Waals surface area contributed by atoms with Crippen LogP contribution in [0.3, 0.4) is 0 Å². The summed E-state index contributed by atoms with van der Waals surface area (Å²) in [5, 5.41) is 0. The number of pyridine rings is 1. The summed E-state index contributed by atoms with van der Waals surface area (Å²) in [6.07, 6.45) is 4.21. The van der Waals surface area contributed by atoms with Crippen molar-refractivity contribution >= 4 is 18.0 Å². The Morgan fingerprint density at radius 2 is 2.07 bits per heavy atom. The topological polar surface area (TPSA) is 12.9 Å². The predicted molar refractivity (Wildman–Crippen MR) is 71.3 cm³/mol. The van der Waals surface area contributed by atoms with Gasteiger partial charge in [-0.1, -0.05) is 13.8 Å². The molecule has 1 rings (SSSR count). The van der Waals surface area contributed by atoms with E-state index in [2.05, 4.69) is 38.7 Å². The van der Waals surface area contributed by atoms with Gasteiger partial charge in [-0.2, -0.15) is 0 Å². The van der Waals surface area contributed by atoms with Crippen LogP contribution in [0, 0.1) is 6.92 Å². The van der Waals surface area contributed by atoms with Crippen LogP contribution in [-0.2, 0) is 0 Å². The van der Waals surface area contributed by atoms with Gasteiger partial charge in [0.15, 0.2) is 0 Å². The van der Waals surface area contributed by atoms with Crippen LogP contribution in [0.15, 0.2) is 18.3 Å². The standard InChI is InChI=1S/C11H16BN.C2H6/c1-4-6-10(3)12-11-9(2)7-5-8-13-11;1-2/h5,7-8H,4,6H2,1-3H3;1-2H3. The van der Waals surface area contributed by atoms with Gasteiger partial charge in [-0.05, 0) is 0 Å². The molecule has 1 nitrogen and oxygen atoms in total. The van der Waals surface area contributed by atoms with Gasteiger partial charge in [-0.15, -0.1) is 0 Å². The fourth-order valence-corrected chi connectivity index (χ4v) is 1.35.